The zero-order valence-electron chi connectivity index (χ0n) is 10.4. The van der Waals surface area contributed by atoms with Gasteiger partial charge in [0.05, 0.1) is 5.52 Å². The number of aliphatic carboxylic acids is 1. The summed E-state index contributed by atoms with van der Waals surface area (Å²) < 4.78 is 13.1. The molecule has 0 unspecified atom stereocenters. The van der Waals surface area contributed by atoms with Crippen molar-refractivity contribution in [3.63, 3.8) is 0 Å². The zero-order valence-corrected chi connectivity index (χ0v) is 10.4. The van der Waals surface area contributed by atoms with Crippen molar-refractivity contribution in [2.75, 3.05) is 0 Å². The number of aromatic nitrogens is 2. The fourth-order valence-corrected chi connectivity index (χ4v) is 1.63. The van der Waals surface area contributed by atoms with Crippen LogP contribution >= 0.6 is 0 Å². The van der Waals surface area contributed by atoms with Crippen LogP contribution in [0.1, 0.15) is 25.4 Å². The monoisotopic (exact) mass is 248 g/mol. The van der Waals surface area contributed by atoms with E-state index < -0.39 is 11.4 Å². The number of aryl methyl sites for hydroxylation is 1. The summed E-state index contributed by atoms with van der Waals surface area (Å²) in [6, 6.07) is 4.18. The van der Waals surface area contributed by atoms with Gasteiger partial charge in [-0.3, -0.25) is 4.79 Å². The van der Waals surface area contributed by atoms with Crippen molar-refractivity contribution in [2.45, 2.75) is 26.2 Å². The van der Waals surface area contributed by atoms with Crippen LogP contribution in [-0.2, 0) is 10.2 Å². The second kappa shape index (κ2) is 4.01. The van der Waals surface area contributed by atoms with Gasteiger partial charge in [-0.25, -0.2) is 14.4 Å². The van der Waals surface area contributed by atoms with Crippen molar-refractivity contribution >= 4 is 16.9 Å². The Hall–Kier alpha value is -2.04. The van der Waals surface area contributed by atoms with E-state index in [9.17, 15) is 9.18 Å². The molecule has 2 aromatic rings. The van der Waals surface area contributed by atoms with Crippen molar-refractivity contribution in [2.24, 2.45) is 0 Å². The molecule has 0 fully saturated rings. The Morgan fingerprint density at radius 3 is 2.61 bits per heavy atom. The molecule has 4 nitrogen and oxygen atoms in total. The number of carbonyl (C=O) groups is 1. The minimum absolute atomic E-state index is 0.228. The predicted octanol–water partition coefficient (Wildman–Crippen LogP) is 2.44. The summed E-state index contributed by atoms with van der Waals surface area (Å²) in [4.78, 5) is 19.6. The first-order chi connectivity index (χ1) is 8.32. The fourth-order valence-electron chi connectivity index (χ4n) is 1.63. The first-order valence-corrected chi connectivity index (χ1v) is 5.50. The number of carboxylic acids is 1. The van der Waals surface area contributed by atoms with Crippen LogP contribution in [0.15, 0.2) is 18.2 Å². The van der Waals surface area contributed by atoms with Gasteiger partial charge in [-0.2, -0.15) is 0 Å². The van der Waals surface area contributed by atoms with Crippen LogP contribution in [0.3, 0.4) is 0 Å². The van der Waals surface area contributed by atoms with Crippen molar-refractivity contribution < 1.29 is 14.3 Å². The smallest absolute Gasteiger partial charge is 0.316 e. The van der Waals surface area contributed by atoms with E-state index in [1.54, 1.807) is 20.8 Å². The van der Waals surface area contributed by atoms with Gasteiger partial charge in [-0.05, 0) is 39.0 Å². The lowest BCUT2D eigenvalue weighted by Crippen LogP contribution is -2.31. The summed E-state index contributed by atoms with van der Waals surface area (Å²) in [5.41, 5.74) is -0.0510. The van der Waals surface area contributed by atoms with Gasteiger partial charge in [-0.1, -0.05) is 0 Å². The second-order valence-corrected chi connectivity index (χ2v) is 4.72. The maximum Gasteiger partial charge on any atom is 0.316 e. The van der Waals surface area contributed by atoms with E-state index in [-0.39, 0.29) is 11.6 Å². The van der Waals surface area contributed by atoms with Crippen LogP contribution in [0.4, 0.5) is 4.39 Å². The summed E-state index contributed by atoms with van der Waals surface area (Å²) >= 11 is 0. The highest BCUT2D eigenvalue weighted by Crippen LogP contribution is 2.24. The summed E-state index contributed by atoms with van der Waals surface area (Å²) in [6.45, 7) is 4.80. The van der Waals surface area contributed by atoms with Gasteiger partial charge in [0.15, 0.2) is 0 Å². The van der Waals surface area contributed by atoms with E-state index in [0.29, 0.717) is 16.6 Å². The molecule has 1 aromatic carbocycles. The average molecular weight is 248 g/mol. The van der Waals surface area contributed by atoms with Crippen molar-refractivity contribution in [1.82, 2.24) is 9.97 Å². The molecule has 18 heavy (non-hydrogen) atoms. The molecule has 0 radical (unpaired) electrons. The molecule has 1 N–H and O–H groups in total. The van der Waals surface area contributed by atoms with Crippen molar-refractivity contribution in [1.29, 1.82) is 0 Å². The number of hydrogen-bond donors (Lipinski definition) is 1. The first kappa shape index (κ1) is 12.4. The summed E-state index contributed by atoms with van der Waals surface area (Å²) in [7, 11) is 0. The summed E-state index contributed by atoms with van der Waals surface area (Å²) in [5, 5.41) is 9.76. The topological polar surface area (TPSA) is 63.1 Å². The quantitative estimate of drug-likeness (QED) is 0.886. The van der Waals surface area contributed by atoms with Crippen LogP contribution < -0.4 is 0 Å². The normalized spacial score (nSPS) is 11.8. The molecule has 94 valence electrons. The molecule has 0 saturated carbocycles. The van der Waals surface area contributed by atoms with Gasteiger partial charge in [0, 0.05) is 11.1 Å². The van der Waals surface area contributed by atoms with Crippen LogP contribution in [0.25, 0.3) is 10.9 Å². The molecule has 0 spiro atoms. The minimum Gasteiger partial charge on any atom is -0.481 e. The molecule has 0 aliphatic heterocycles. The molecule has 0 atom stereocenters. The third-order valence-corrected chi connectivity index (χ3v) is 2.94. The SMILES string of the molecule is Cc1nc(C(C)(C)C(=O)O)nc2ccc(F)cc12. The third-order valence-electron chi connectivity index (χ3n) is 2.94. The Kier molecular flexibility index (Phi) is 2.77. The molecule has 0 saturated heterocycles. The molecule has 1 aromatic heterocycles. The summed E-state index contributed by atoms with van der Waals surface area (Å²) in [6.07, 6.45) is 0. The predicted molar refractivity (Wildman–Crippen MR) is 64.9 cm³/mol. The van der Waals surface area contributed by atoms with Gasteiger partial charge in [0.1, 0.15) is 17.1 Å². The van der Waals surface area contributed by atoms with Crippen LogP contribution in [0.5, 0.6) is 0 Å². The Bertz CT molecular complexity index is 638. The first-order valence-electron chi connectivity index (χ1n) is 5.50. The van der Waals surface area contributed by atoms with Gasteiger partial charge >= 0.3 is 5.97 Å². The van der Waals surface area contributed by atoms with E-state index >= 15 is 0 Å². The van der Waals surface area contributed by atoms with E-state index in [4.69, 9.17) is 5.11 Å². The fraction of sp³-hybridized carbons (Fsp3) is 0.308. The van der Waals surface area contributed by atoms with Crippen molar-refractivity contribution in [3.8, 4) is 0 Å². The largest absolute Gasteiger partial charge is 0.481 e. The molecule has 0 amide bonds. The lowest BCUT2D eigenvalue weighted by Gasteiger charge is -2.18. The Morgan fingerprint density at radius 1 is 1.33 bits per heavy atom. The van der Waals surface area contributed by atoms with E-state index in [0.717, 1.165) is 0 Å². The second-order valence-electron chi connectivity index (χ2n) is 4.72. The number of carboxylic acid groups (broad SMARTS) is 1. The van der Waals surface area contributed by atoms with Crippen LogP contribution in [0.2, 0.25) is 0 Å². The minimum atomic E-state index is -1.17. The van der Waals surface area contributed by atoms with Crippen LogP contribution in [-0.4, -0.2) is 21.0 Å². The lowest BCUT2D eigenvalue weighted by molar-refractivity contribution is -0.142. The van der Waals surface area contributed by atoms with Gasteiger partial charge in [0.2, 0.25) is 0 Å². The number of halogens is 1. The average Bonchev–Trinajstić information content (AvgIpc) is 2.29. The number of hydrogen-bond acceptors (Lipinski definition) is 3. The molecular weight excluding hydrogens is 235 g/mol. The third kappa shape index (κ3) is 1.92. The molecule has 0 bridgehead atoms. The van der Waals surface area contributed by atoms with Gasteiger partial charge in [0.25, 0.3) is 0 Å². The van der Waals surface area contributed by atoms with E-state index in [1.165, 1.54) is 18.2 Å². The molecule has 2 rings (SSSR count). The highest BCUT2D eigenvalue weighted by atomic mass is 19.1. The maximum absolute atomic E-state index is 13.1. The number of rotatable bonds is 2. The molecular formula is C13H13FN2O2. The Labute approximate surface area is 103 Å². The zero-order chi connectivity index (χ0) is 13.5. The maximum atomic E-state index is 13.1. The molecule has 0 aliphatic rings. The highest BCUT2D eigenvalue weighted by molar-refractivity contribution is 5.83. The summed E-state index contributed by atoms with van der Waals surface area (Å²) in [5.74, 6) is -1.13. The van der Waals surface area contributed by atoms with Gasteiger partial charge in [-0.15, -0.1) is 0 Å². The van der Waals surface area contributed by atoms with Gasteiger partial charge < -0.3 is 5.11 Å². The lowest BCUT2D eigenvalue weighted by atomic mass is 9.92. The van der Waals surface area contributed by atoms with Crippen LogP contribution in [0, 0.1) is 12.7 Å². The molecule has 1 heterocycles. The Morgan fingerprint density at radius 2 is 2.00 bits per heavy atom. The van der Waals surface area contributed by atoms with E-state index in [2.05, 4.69) is 9.97 Å². The Balaban J connectivity index is 2.70. The number of benzene rings is 1. The van der Waals surface area contributed by atoms with E-state index in [1.807, 2.05) is 0 Å². The molecule has 5 heteroatoms. The standard InChI is InChI=1S/C13H13FN2O2/c1-7-9-6-8(14)4-5-10(9)16-11(15-7)13(2,3)12(17)18/h4-6H,1-3H3,(H,17,18). The highest BCUT2D eigenvalue weighted by Gasteiger charge is 2.33. The van der Waals surface area contributed by atoms with Crippen molar-refractivity contribution in [3.05, 3.63) is 35.5 Å². The number of fused-ring (bicyclic) bond motifs is 1. The number of nitrogens with zero attached hydrogens (tertiary/aromatic N) is 2. The molecule has 0 aliphatic carbocycles.